The van der Waals surface area contributed by atoms with Gasteiger partial charge in [0, 0.05) is 11.6 Å². The zero-order valence-corrected chi connectivity index (χ0v) is 14.0. The van der Waals surface area contributed by atoms with Crippen LogP contribution in [0.15, 0.2) is 17.0 Å². The molecule has 3 N–H and O–H groups in total. The molecule has 0 aromatic heterocycles. The molecule has 1 aromatic rings. The molecule has 0 heterocycles. The van der Waals surface area contributed by atoms with Crippen molar-refractivity contribution in [3.05, 3.63) is 28.8 Å². The third-order valence-electron chi connectivity index (χ3n) is 4.07. The Labute approximate surface area is 127 Å². The SMILES string of the molecule is CCC(C)C(C)NC(=O)c1cc(S(N)(=O)=O)cc(C)c1C. The maximum Gasteiger partial charge on any atom is 0.251 e. The van der Waals surface area contributed by atoms with Crippen molar-refractivity contribution in [3.8, 4) is 0 Å². The third kappa shape index (κ3) is 4.28. The first-order valence-electron chi connectivity index (χ1n) is 7.02. The van der Waals surface area contributed by atoms with Crippen LogP contribution in [-0.4, -0.2) is 20.4 Å². The van der Waals surface area contributed by atoms with E-state index in [1.165, 1.54) is 12.1 Å². The average Bonchev–Trinajstić information content (AvgIpc) is 2.39. The molecule has 6 heteroatoms. The van der Waals surface area contributed by atoms with Gasteiger partial charge in [0.1, 0.15) is 0 Å². The maximum absolute atomic E-state index is 12.4. The molecule has 0 saturated heterocycles. The summed E-state index contributed by atoms with van der Waals surface area (Å²) in [6.07, 6.45) is 0.955. The van der Waals surface area contributed by atoms with E-state index >= 15 is 0 Å². The highest BCUT2D eigenvalue weighted by Crippen LogP contribution is 2.19. The summed E-state index contributed by atoms with van der Waals surface area (Å²) < 4.78 is 23.0. The van der Waals surface area contributed by atoms with E-state index in [0.717, 1.165) is 17.5 Å². The van der Waals surface area contributed by atoms with Gasteiger partial charge in [-0.2, -0.15) is 0 Å². The van der Waals surface area contributed by atoms with Crippen molar-refractivity contribution < 1.29 is 13.2 Å². The largest absolute Gasteiger partial charge is 0.349 e. The minimum absolute atomic E-state index is 0.0142. The van der Waals surface area contributed by atoms with Crippen molar-refractivity contribution in [1.82, 2.24) is 5.32 Å². The summed E-state index contributed by atoms with van der Waals surface area (Å²) in [4.78, 5) is 12.3. The predicted octanol–water partition coefficient (Wildman–Crippen LogP) is 2.12. The lowest BCUT2D eigenvalue weighted by Crippen LogP contribution is -2.37. The van der Waals surface area contributed by atoms with Gasteiger partial charge < -0.3 is 5.32 Å². The first-order valence-corrected chi connectivity index (χ1v) is 8.57. The number of carbonyl (C=O) groups is 1. The number of benzene rings is 1. The lowest BCUT2D eigenvalue weighted by Gasteiger charge is -2.21. The van der Waals surface area contributed by atoms with E-state index in [1.54, 1.807) is 13.8 Å². The smallest absolute Gasteiger partial charge is 0.251 e. The molecule has 118 valence electrons. The number of hydrogen-bond acceptors (Lipinski definition) is 3. The molecule has 2 atom stereocenters. The fraction of sp³-hybridized carbons (Fsp3) is 0.533. The molecule has 21 heavy (non-hydrogen) atoms. The summed E-state index contributed by atoms with van der Waals surface area (Å²) in [7, 11) is -3.83. The second-order valence-corrected chi connectivity index (χ2v) is 7.17. The van der Waals surface area contributed by atoms with Crippen LogP contribution in [0.3, 0.4) is 0 Å². The number of primary sulfonamides is 1. The minimum Gasteiger partial charge on any atom is -0.349 e. The van der Waals surface area contributed by atoms with Crippen LogP contribution in [-0.2, 0) is 10.0 Å². The van der Waals surface area contributed by atoms with Crippen LogP contribution >= 0.6 is 0 Å². The van der Waals surface area contributed by atoms with E-state index in [4.69, 9.17) is 5.14 Å². The monoisotopic (exact) mass is 312 g/mol. The fourth-order valence-corrected chi connectivity index (χ4v) is 2.63. The Morgan fingerprint density at radius 1 is 1.29 bits per heavy atom. The first-order chi connectivity index (χ1) is 9.57. The predicted molar refractivity (Wildman–Crippen MR) is 83.7 cm³/mol. The molecule has 2 unspecified atom stereocenters. The van der Waals surface area contributed by atoms with Gasteiger partial charge in [-0.05, 0) is 49.9 Å². The van der Waals surface area contributed by atoms with E-state index in [9.17, 15) is 13.2 Å². The van der Waals surface area contributed by atoms with Gasteiger partial charge in [-0.25, -0.2) is 13.6 Å². The number of amides is 1. The summed E-state index contributed by atoms with van der Waals surface area (Å²) in [5.74, 6) is 0.0747. The molecule has 0 spiro atoms. The van der Waals surface area contributed by atoms with E-state index in [2.05, 4.69) is 19.2 Å². The number of nitrogens with one attached hydrogen (secondary N) is 1. The van der Waals surface area contributed by atoms with E-state index in [1.807, 2.05) is 6.92 Å². The molecular weight excluding hydrogens is 288 g/mol. The van der Waals surface area contributed by atoms with Crippen LogP contribution < -0.4 is 10.5 Å². The molecule has 0 radical (unpaired) electrons. The van der Waals surface area contributed by atoms with E-state index < -0.39 is 10.0 Å². The lowest BCUT2D eigenvalue weighted by atomic mass is 9.99. The van der Waals surface area contributed by atoms with Gasteiger partial charge >= 0.3 is 0 Å². The van der Waals surface area contributed by atoms with Crippen LogP contribution in [0.1, 0.15) is 48.7 Å². The van der Waals surface area contributed by atoms with Crippen molar-refractivity contribution in [1.29, 1.82) is 0 Å². The number of nitrogens with two attached hydrogens (primary N) is 1. The van der Waals surface area contributed by atoms with Crippen LogP contribution in [0.2, 0.25) is 0 Å². The molecule has 5 nitrogen and oxygen atoms in total. The number of sulfonamides is 1. The molecule has 0 aliphatic heterocycles. The number of aryl methyl sites for hydroxylation is 1. The Morgan fingerprint density at radius 2 is 1.86 bits per heavy atom. The Hall–Kier alpha value is -1.40. The summed E-state index contributed by atoms with van der Waals surface area (Å²) in [6.45, 7) is 9.62. The third-order valence-corrected chi connectivity index (χ3v) is 4.96. The molecule has 0 aliphatic carbocycles. The quantitative estimate of drug-likeness (QED) is 0.872. The minimum atomic E-state index is -3.83. The standard InChI is InChI=1S/C15H24N2O3S/c1-6-9(2)12(5)17-15(18)14-8-13(21(16,19)20)7-10(3)11(14)4/h7-9,12H,6H2,1-5H3,(H,17,18)(H2,16,19,20). The van der Waals surface area contributed by atoms with Crippen LogP contribution in [0.25, 0.3) is 0 Å². The van der Waals surface area contributed by atoms with Gasteiger partial charge in [0.25, 0.3) is 5.91 Å². The Morgan fingerprint density at radius 3 is 2.33 bits per heavy atom. The highest BCUT2D eigenvalue weighted by molar-refractivity contribution is 7.89. The Balaban J connectivity index is 3.18. The molecule has 1 amide bonds. The zero-order valence-electron chi connectivity index (χ0n) is 13.2. The summed E-state index contributed by atoms with van der Waals surface area (Å²) >= 11 is 0. The van der Waals surface area contributed by atoms with Crippen molar-refractivity contribution in [2.75, 3.05) is 0 Å². The van der Waals surface area contributed by atoms with Gasteiger partial charge in [-0.15, -0.1) is 0 Å². The molecule has 1 aromatic carbocycles. The van der Waals surface area contributed by atoms with Crippen molar-refractivity contribution in [3.63, 3.8) is 0 Å². The lowest BCUT2D eigenvalue weighted by molar-refractivity contribution is 0.0927. The molecule has 0 saturated carbocycles. The molecule has 1 rings (SSSR count). The highest BCUT2D eigenvalue weighted by atomic mass is 32.2. The zero-order chi connectivity index (χ0) is 16.4. The second-order valence-electron chi connectivity index (χ2n) is 5.61. The van der Waals surface area contributed by atoms with Crippen molar-refractivity contribution in [2.45, 2.75) is 52.0 Å². The van der Waals surface area contributed by atoms with Gasteiger partial charge in [0.15, 0.2) is 0 Å². The first kappa shape index (κ1) is 17.7. The van der Waals surface area contributed by atoms with Crippen molar-refractivity contribution in [2.24, 2.45) is 11.1 Å². The van der Waals surface area contributed by atoms with Gasteiger partial charge in [0.05, 0.1) is 4.90 Å². The van der Waals surface area contributed by atoms with Crippen LogP contribution in [0.4, 0.5) is 0 Å². The van der Waals surface area contributed by atoms with Crippen LogP contribution in [0, 0.1) is 19.8 Å². The summed E-state index contributed by atoms with van der Waals surface area (Å²) in [5.41, 5.74) is 1.84. The maximum atomic E-state index is 12.4. The molecule has 0 bridgehead atoms. The Kier molecular flexibility index (Phi) is 5.53. The van der Waals surface area contributed by atoms with Gasteiger partial charge in [0.2, 0.25) is 10.0 Å². The topological polar surface area (TPSA) is 89.3 Å². The van der Waals surface area contributed by atoms with Gasteiger partial charge in [-0.1, -0.05) is 20.3 Å². The summed E-state index contributed by atoms with van der Waals surface area (Å²) in [6, 6.07) is 2.84. The number of hydrogen-bond donors (Lipinski definition) is 2. The van der Waals surface area contributed by atoms with E-state index in [0.29, 0.717) is 11.5 Å². The van der Waals surface area contributed by atoms with Crippen molar-refractivity contribution >= 4 is 15.9 Å². The number of carbonyl (C=O) groups excluding carboxylic acids is 1. The summed E-state index contributed by atoms with van der Waals surface area (Å²) in [5, 5.41) is 8.08. The molecule has 0 fully saturated rings. The average molecular weight is 312 g/mol. The Bertz CT molecular complexity index is 639. The number of rotatable bonds is 5. The highest BCUT2D eigenvalue weighted by Gasteiger charge is 2.19. The second kappa shape index (κ2) is 6.58. The normalized spacial score (nSPS) is 14.6. The van der Waals surface area contributed by atoms with E-state index in [-0.39, 0.29) is 16.8 Å². The molecule has 0 aliphatic rings. The van der Waals surface area contributed by atoms with Crippen LogP contribution in [0.5, 0.6) is 0 Å². The fourth-order valence-electron chi connectivity index (χ4n) is 2.01. The van der Waals surface area contributed by atoms with Gasteiger partial charge in [-0.3, -0.25) is 4.79 Å². The molecular formula is C15H24N2O3S.